The van der Waals surface area contributed by atoms with Crippen molar-refractivity contribution in [3.8, 4) is 5.75 Å². The monoisotopic (exact) mass is 544 g/mol. The third kappa shape index (κ3) is 6.08. The van der Waals surface area contributed by atoms with E-state index in [-0.39, 0.29) is 11.3 Å². The molecular formula is C32H33FN2O5. The number of carbonyl (C=O) groups is 2. The molecule has 40 heavy (non-hydrogen) atoms. The molecule has 2 aliphatic heterocycles. The summed E-state index contributed by atoms with van der Waals surface area (Å²) in [7, 11) is 0. The summed E-state index contributed by atoms with van der Waals surface area (Å²) >= 11 is 0. The Balaban J connectivity index is 1.41. The zero-order valence-corrected chi connectivity index (χ0v) is 22.5. The van der Waals surface area contributed by atoms with Crippen molar-refractivity contribution in [3.63, 3.8) is 0 Å². The number of morpholine rings is 1. The van der Waals surface area contributed by atoms with Crippen LogP contribution in [-0.4, -0.2) is 66.0 Å². The Morgan fingerprint density at radius 3 is 2.42 bits per heavy atom. The highest BCUT2D eigenvalue weighted by atomic mass is 19.1. The molecule has 5 rings (SSSR count). The maximum atomic E-state index is 13.8. The molecule has 1 atom stereocenters. The number of carbonyl (C=O) groups excluding carboxylic acids is 2. The van der Waals surface area contributed by atoms with Crippen molar-refractivity contribution in [2.45, 2.75) is 26.0 Å². The van der Waals surface area contributed by atoms with E-state index in [1.165, 1.54) is 17.0 Å². The Morgan fingerprint density at radius 1 is 1.00 bits per heavy atom. The van der Waals surface area contributed by atoms with E-state index >= 15 is 0 Å². The largest absolute Gasteiger partial charge is 0.507 e. The first-order chi connectivity index (χ1) is 19.4. The van der Waals surface area contributed by atoms with Crippen LogP contribution >= 0.6 is 0 Å². The van der Waals surface area contributed by atoms with Crippen LogP contribution in [0.15, 0.2) is 78.4 Å². The molecule has 0 bridgehead atoms. The lowest BCUT2D eigenvalue weighted by atomic mass is 9.94. The molecule has 0 saturated carbocycles. The second-order valence-electron chi connectivity index (χ2n) is 10.1. The van der Waals surface area contributed by atoms with E-state index in [4.69, 9.17) is 9.47 Å². The highest BCUT2D eigenvalue weighted by molar-refractivity contribution is 6.46. The summed E-state index contributed by atoms with van der Waals surface area (Å²) in [5.74, 6) is -1.45. The van der Waals surface area contributed by atoms with Crippen LogP contribution in [0.4, 0.5) is 4.39 Å². The number of Topliss-reactive ketones (excluding diaryl/α,β-unsaturated/α-hetero) is 1. The van der Waals surface area contributed by atoms with Gasteiger partial charge in [-0.15, -0.1) is 0 Å². The molecular weight excluding hydrogens is 511 g/mol. The van der Waals surface area contributed by atoms with Gasteiger partial charge in [0.05, 0.1) is 24.8 Å². The fourth-order valence-electron chi connectivity index (χ4n) is 5.24. The SMILES string of the molecule is Cc1cc(C(O)=C2C(=O)C(=O)N(CCCN3CCOCC3)[C@@H]2c2ccc(F)cc2)ccc1OCc1ccccc1. The van der Waals surface area contributed by atoms with Gasteiger partial charge in [0.2, 0.25) is 0 Å². The molecule has 3 aromatic rings. The van der Waals surface area contributed by atoms with Crippen molar-refractivity contribution in [3.05, 3.63) is 106 Å². The lowest BCUT2D eigenvalue weighted by Crippen LogP contribution is -2.38. The standard InChI is InChI=1S/C32H33FN2O5/c1-22-20-25(10-13-27(22)40-21-23-6-3-2-4-7-23)30(36)28-29(24-8-11-26(33)12-9-24)35(32(38)31(28)37)15-5-14-34-16-18-39-19-17-34/h2-4,6-13,20,29,36H,5,14-19,21H2,1H3/t29-/m1/s1. The number of amides is 1. The number of benzene rings is 3. The van der Waals surface area contributed by atoms with Gasteiger partial charge < -0.3 is 19.5 Å². The van der Waals surface area contributed by atoms with Gasteiger partial charge in [0.15, 0.2) is 0 Å². The molecule has 0 spiro atoms. The predicted molar refractivity (Wildman–Crippen MR) is 149 cm³/mol. The lowest BCUT2D eigenvalue weighted by molar-refractivity contribution is -0.140. The maximum Gasteiger partial charge on any atom is 0.295 e. The molecule has 7 nitrogen and oxygen atoms in total. The molecule has 0 unspecified atom stereocenters. The summed E-state index contributed by atoms with van der Waals surface area (Å²) in [4.78, 5) is 30.3. The minimum atomic E-state index is -0.820. The normalized spacial score (nSPS) is 19.2. The van der Waals surface area contributed by atoms with E-state index in [9.17, 15) is 19.1 Å². The number of ether oxygens (including phenoxy) is 2. The Morgan fingerprint density at radius 2 is 1.73 bits per heavy atom. The van der Waals surface area contributed by atoms with Gasteiger partial charge in [-0.2, -0.15) is 0 Å². The summed E-state index contributed by atoms with van der Waals surface area (Å²) in [6, 6.07) is 19.8. The molecule has 1 N–H and O–H groups in total. The van der Waals surface area contributed by atoms with E-state index in [0.717, 1.165) is 30.8 Å². The van der Waals surface area contributed by atoms with Crippen LogP contribution in [0.5, 0.6) is 5.75 Å². The van der Waals surface area contributed by atoms with Crippen LogP contribution in [0.1, 0.15) is 34.7 Å². The number of aliphatic hydroxyl groups is 1. The summed E-state index contributed by atoms with van der Waals surface area (Å²) in [5.41, 5.74) is 2.77. The van der Waals surface area contributed by atoms with Gasteiger partial charge in [-0.1, -0.05) is 42.5 Å². The highest BCUT2D eigenvalue weighted by Gasteiger charge is 2.45. The Hall–Kier alpha value is -4.01. The first-order valence-corrected chi connectivity index (χ1v) is 13.5. The Labute approximate surface area is 233 Å². The van der Waals surface area contributed by atoms with Crippen LogP contribution in [-0.2, 0) is 20.9 Å². The summed E-state index contributed by atoms with van der Waals surface area (Å²) in [6.07, 6.45) is 0.650. The molecule has 2 aliphatic rings. The van der Waals surface area contributed by atoms with Gasteiger partial charge in [-0.3, -0.25) is 14.5 Å². The van der Waals surface area contributed by atoms with Crippen LogP contribution in [0, 0.1) is 12.7 Å². The fraction of sp³-hybridized carbons (Fsp3) is 0.312. The van der Waals surface area contributed by atoms with E-state index in [1.54, 1.807) is 30.3 Å². The molecule has 1 amide bonds. The van der Waals surface area contributed by atoms with E-state index in [2.05, 4.69) is 4.90 Å². The van der Waals surface area contributed by atoms with Gasteiger partial charge in [0.25, 0.3) is 11.7 Å². The average Bonchev–Trinajstić information content (AvgIpc) is 3.22. The maximum absolute atomic E-state index is 13.8. The molecule has 2 saturated heterocycles. The topological polar surface area (TPSA) is 79.3 Å². The summed E-state index contributed by atoms with van der Waals surface area (Å²) < 4.78 is 25.1. The van der Waals surface area contributed by atoms with Crippen molar-refractivity contribution in [2.24, 2.45) is 0 Å². The lowest BCUT2D eigenvalue weighted by Gasteiger charge is -2.29. The Kier molecular flexibility index (Phi) is 8.57. The molecule has 8 heteroatoms. The molecule has 0 aliphatic carbocycles. The van der Waals surface area contributed by atoms with Gasteiger partial charge in [-0.25, -0.2) is 4.39 Å². The minimum absolute atomic E-state index is 0.000310. The van der Waals surface area contributed by atoms with Crippen LogP contribution < -0.4 is 4.74 Å². The molecule has 2 heterocycles. The zero-order valence-electron chi connectivity index (χ0n) is 22.5. The molecule has 0 aromatic heterocycles. The second kappa shape index (κ2) is 12.4. The van der Waals surface area contributed by atoms with Crippen LogP contribution in [0.3, 0.4) is 0 Å². The van der Waals surface area contributed by atoms with Crippen molar-refractivity contribution >= 4 is 17.4 Å². The Bertz CT molecular complexity index is 1380. The summed E-state index contributed by atoms with van der Waals surface area (Å²) in [5, 5.41) is 11.4. The molecule has 0 radical (unpaired) electrons. The second-order valence-corrected chi connectivity index (χ2v) is 10.1. The summed E-state index contributed by atoms with van der Waals surface area (Å²) in [6.45, 7) is 6.34. The number of aryl methyl sites for hydroxylation is 1. The number of hydrogen-bond donors (Lipinski definition) is 1. The predicted octanol–water partition coefficient (Wildman–Crippen LogP) is 4.86. The van der Waals surface area contributed by atoms with E-state index in [1.807, 2.05) is 37.3 Å². The number of aliphatic hydroxyl groups excluding tert-OH is 1. The number of nitrogens with zero attached hydrogens (tertiary/aromatic N) is 2. The highest BCUT2D eigenvalue weighted by Crippen LogP contribution is 2.40. The first kappa shape index (κ1) is 27.6. The number of rotatable bonds is 9. The quantitative estimate of drug-likeness (QED) is 0.236. The fourth-order valence-corrected chi connectivity index (χ4v) is 5.24. The zero-order chi connectivity index (χ0) is 28.1. The van der Waals surface area contributed by atoms with Crippen LogP contribution in [0.25, 0.3) is 5.76 Å². The smallest absolute Gasteiger partial charge is 0.295 e. The third-order valence-corrected chi connectivity index (χ3v) is 7.39. The number of likely N-dealkylation sites (tertiary alicyclic amines) is 1. The van der Waals surface area contributed by atoms with Gasteiger partial charge in [0.1, 0.15) is 23.9 Å². The van der Waals surface area contributed by atoms with Crippen LogP contribution in [0.2, 0.25) is 0 Å². The first-order valence-electron chi connectivity index (χ1n) is 13.5. The average molecular weight is 545 g/mol. The molecule has 208 valence electrons. The molecule has 2 fully saturated rings. The minimum Gasteiger partial charge on any atom is -0.507 e. The van der Waals surface area contributed by atoms with Crippen molar-refractivity contribution < 1.29 is 28.6 Å². The van der Waals surface area contributed by atoms with E-state index in [0.29, 0.717) is 49.7 Å². The van der Waals surface area contributed by atoms with Crippen molar-refractivity contribution in [1.29, 1.82) is 0 Å². The van der Waals surface area contributed by atoms with Crippen molar-refractivity contribution in [1.82, 2.24) is 9.80 Å². The van der Waals surface area contributed by atoms with Gasteiger partial charge in [-0.05, 0) is 60.4 Å². The van der Waals surface area contributed by atoms with Gasteiger partial charge >= 0.3 is 0 Å². The van der Waals surface area contributed by atoms with Gasteiger partial charge in [0, 0.05) is 31.7 Å². The van der Waals surface area contributed by atoms with E-state index < -0.39 is 23.5 Å². The number of hydrogen-bond acceptors (Lipinski definition) is 6. The number of halogens is 1. The molecule has 3 aromatic carbocycles. The number of ketones is 1. The van der Waals surface area contributed by atoms with Crippen molar-refractivity contribution in [2.75, 3.05) is 39.4 Å². The third-order valence-electron chi connectivity index (χ3n) is 7.39.